The number of aromatic nitrogens is 2. The highest BCUT2D eigenvalue weighted by atomic mass is 16.1. The third-order valence-electron chi connectivity index (χ3n) is 3.00. The van der Waals surface area contributed by atoms with Gasteiger partial charge < -0.3 is 21.8 Å². The number of hydrogen-bond acceptors (Lipinski definition) is 5. The SMILES string of the molecule is Nc1c(NC2CCC(N)CC2)nc[nH]c1=O. The zero-order valence-corrected chi connectivity index (χ0v) is 9.07. The van der Waals surface area contributed by atoms with Crippen molar-refractivity contribution < 1.29 is 0 Å². The van der Waals surface area contributed by atoms with Crippen LogP contribution in [0.2, 0.25) is 0 Å². The number of nitrogens with two attached hydrogens (primary N) is 2. The first-order chi connectivity index (χ1) is 7.66. The lowest BCUT2D eigenvalue weighted by Gasteiger charge is -2.27. The van der Waals surface area contributed by atoms with E-state index < -0.39 is 0 Å². The zero-order valence-electron chi connectivity index (χ0n) is 9.07. The molecule has 1 aromatic heterocycles. The summed E-state index contributed by atoms with van der Waals surface area (Å²) in [6.07, 6.45) is 5.35. The minimum atomic E-state index is -0.301. The highest BCUT2D eigenvalue weighted by Crippen LogP contribution is 2.21. The maximum atomic E-state index is 11.3. The van der Waals surface area contributed by atoms with Crippen molar-refractivity contribution >= 4 is 11.5 Å². The van der Waals surface area contributed by atoms with Crippen molar-refractivity contribution in [1.29, 1.82) is 0 Å². The second-order valence-electron chi connectivity index (χ2n) is 4.25. The van der Waals surface area contributed by atoms with Crippen LogP contribution in [0, 0.1) is 0 Å². The molecule has 88 valence electrons. The van der Waals surface area contributed by atoms with Gasteiger partial charge in [0.15, 0.2) is 5.82 Å². The van der Waals surface area contributed by atoms with Crippen LogP contribution in [0.3, 0.4) is 0 Å². The fraction of sp³-hybridized carbons (Fsp3) is 0.600. The van der Waals surface area contributed by atoms with Gasteiger partial charge in [-0.25, -0.2) is 4.98 Å². The van der Waals surface area contributed by atoms with Gasteiger partial charge in [-0.3, -0.25) is 4.79 Å². The Balaban J connectivity index is 2.04. The number of aromatic amines is 1. The summed E-state index contributed by atoms with van der Waals surface area (Å²) in [4.78, 5) is 17.7. The number of rotatable bonds is 2. The Kier molecular flexibility index (Phi) is 3.09. The van der Waals surface area contributed by atoms with E-state index in [2.05, 4.69) is 15.3 Å². The van der Waals surface area contributed by atoms with Crippen molar-refractivity contribution in [3.63, 3.8) is 0 Å². The van der Waals surface area contributed by atoms with Gasteiger partial charge in [-0.2, -0.15) is 0 Å². The molecule has 6 heteroatoms. The fourth-order valence-electron chi connectivity index (χ4n) is 1.98. The van der Waals surface area contributed by atoms with Crippen LogP contribution in [-0.4, -0.2) is 22.1 Å². The Morgan fingerprint density at radius 3 is 2.75 bits per heavy atom. The van der Waals surface area contributed by atoms with Crippen LogP contribution in [0.5, 0.6) is 0 Å². The molecule has 2 rings (SSSR count). The molecule has 1 aliphatic rings. The molecule has 0 saturated heterocycles. The molecule has 1 heterocycles. The summed E-state index contributed by atoms with van der Waals surface area (Å²) >= 11 is 0. The quantitative estimate of drug-likeness (QED) is 0.565. The van der Waals surface area contributed by atoms with Gasteiger partial charge in [-0.15, -0.1) is 0 Å². The Morgan fingerprint density at radius 2 is 2.06 bits per heavy atom. The number of anilines is 2. The Morgan fingerprint density at radius 1 is 1.38 bits per heavy atom. The molecule has 0 bridgehead atoms. The first-order valence-corrected chi connectivity index (χ1v) is 5.52. The lowest BCUT2D eigenvalue weighted by Crippen LogP contribution is -2.33. The monoisotopic (exact) mass is 223 g/mol. The standard InChI is InChI=1S/C10H17N5O/c11-6-1-3-7(4-2-6)15-9-8(12)10(16)14-5-13-9/h5-7H,1-4,11-12H2,(H2,13,14,15,16). The van der Waals surface area contributed by atoms with Crippen LogP contribution in [-0.2, 0) is 0 Å². The highest BCUT2D eigenvalue weighted by Gasteiger charge is 2.19. The molecule has 0 unspecified atom stereocenters. The average molecular weight is 223 g/mol. The van der Waals surface area contributed by atoms with Gasteiger partial charge in [-0.1, -0.05) is 0 Å². The summed E-state index contributed by atoms with van der Waals surface area (Å²) in [6.45, 7) is 0. The first kappa shape index (κ1) is 10.9. The van der Waals surface area contributed by atoms with Crippen molar-refractivity contribution in [1.82, 2.24) is 9.97 Å². The van der Waals surface area contributed by atoms with Gasteiger partial charge in [0.2, 0.25) is 0 Å². The van der Waals surface area contributed by atoms with E-state index in [1.165, 1.54) is 6.33 Å². The second kappa shape index (κ2) is 4.52. The van der Waals surface area contributed by atoms with Gasteiger partial charge in [-0.05, 0) is 25.7 Å². The van der Waals surface area contributed by atoms with Crippen molar-refractivity contribution in [2.75, 3.05) is 11.1 Å². The van der Waals surface area contributed by atoms with Crippen LogP contribution in [0.25, 0.3) is 0 Å². The maximum Gasteiger partial charge on any atom is 0.276 e. The van der Waals surface area contributed by atoms with Crippen LogP contribution >= 0.6 is 0 Å². The predicted octanol–water partition coefficient (Wildman–Crippen LogP) is 0.0339. The van der Waals surface area contributed by atoms with E-state index in [-0.39, 0.29) is 11.2 Å². The molecule has 6 N–H and O–H groups in total. The normalized spacial score (nSPS) is 25.3. The predicted molar refractivity (Wildman–Crippen MR) is 63.1 cm³/mol. The van der Waals surface area contributed by atoms with Crippen molar-refractivity contribution in [3.05, 3.63) is 16.7 Å². The molecule has 1 aromatic rings. The molecule has 0 radical (unpaired) electrons. The highest BCUT2D eigenvalue weighted by molar-refractivity contribution is 5.59. The number of nitrogen functional groups attached to an aromatic ring is 1. The summed E-state index contributed by atoms with van der Waals surface area (Å²) in [5.41, 5.74) is 11.3. The molecule has 0 spiro atoms. The van der Waals surface area contributed by atoms with E-state index in [9.17, 15) is 4.79 Å². The van der Waals surface area contributed by atoms with E-state index in [4.69, 9.17) is 11.5 Å². The Labute approximate surface area is 93.4 Å². The minimum Gasteiger partial charge on any atom is -0.391 e. The van der Waals surface area contributed by atoms with E-state index in [1.807, 2.05) is 0 Å². The van der Waals surface area contributed by atoms with Crippen molar-refractivity contribution in [2.24, 2.45) is 5.73 Å². The zero-order chi connectivity index (χ0) is 11.5. The maximum absolute atomic E-state index is 11.3. The van der Waals surface area contributed by atoms with Gasteiger partial charge >= 0.3 is 0 Å². The third-order valence-corrected chi connectivity index (χ3v) is 3.00. The van der Waals surface area contributed by atoms with E-state index in [0.29, 0.717) is 17.9 Å². The van der Waals surface area contributed by atoms with Gasteiger partial charge in [0.25, 0.3) is 5.56 Å². The van der Waals surface area contributed by atoms with Crippen LogP contribution < -0.4 is 22.3 Å². The summed E-state index contributed by atoms with van der Waals surface area (Å²) in [7, 11) is 0. The number of nitrogens with zero attached hydrogens (tertiary/aromatic N) is 1. The molecule has 1 fully saturated rings. The van der Waals surface area contributed by atoms with E-state index in [0.717, 1.165) is 25.7 Å². The number of hydrogen-bond donors (Lipinski definition) is 4. The van der Waals surface area contributed by atoms with Crippen LogP contribution in [0.1, 0.15) is 25.7 Å². The van der Waals surface area contributed by atoms with Crippen molar-refractivity contribution in [3.8, 4) is 0 Å². The summed E-state index contributed by atoms with van der Waals surface area (Å²) < 4.78 is 0. The number of nitrogens with one attached hydrogen (secondary N) is 2. The molecular weight excluding hydrogens is 206 g/mol. The molecule has 1 aliphatic carbocycles. The van der Waals surface area contributed by atoms with Crippen LogP contribution in [0.15, 0.2) is 11.1 Å². The lowest BCUT2D eigenvalue weighted by atomic mass is 9.92. The van der Waals surface area contributed by atoms with E-state index >= 15 is 0 Å². The topological polar surface area (TPSA) is 110 Å². The van der Waals surface area contributed by atoms with Gasteiger partial charge in [0, 0.05) is 12.1 Å². The van der Waals surface area contributed by atoms with Crippen molar-refractivity contribution in [2.45, 2.75) is 37.8 Å². The molecule has 0 aromatic carbocycles. The minimum absolute atomic E-state index is 0.150. The Hall–Kier alpha value is -1.56. The van der Waals surface area contributed by atoms with Crippen LogP contribution in [0.4, 0.5) is 11.5 Å². The summed E-state index contributed by atoms with van der Waals surface area (Å²) in [5.74, 6) is 0.476. The molecule has 16 heavy (non-hydrogen) atoms. The Bertz CT molecular complexity index is 408. The summed E-state index contributed by atoms with van der Waals surface area (Å²) in [6, 6.07) is 0.624. The summed E-state index contributed by atoms with van der Waals surface area (Å²) in [5, 5.41) is 3.20. The molecule has 1 saturated carbocycles. The fourth-order valence-corrected chi connectivity index (χ4v) is 1.98. The first-order valence-electron chi connectivity index (χ1n) is 5.52. The molecule has 6 nitrogen and oxygen atoms in total. The van der Waals surface area contributed by atoms with E-state index in [1.54, 1.807) is 0 Å². The average Bonchev–Trinajstić information content (AvgIpc) is 2.28. The molecular formula is C10H17N5O. The molecule has 0 amide bonds. The molecule has 0 atom stereocenters. The third kappa shape index (κ3) is 2.33. The number of H-pyrrole nitrogens is 1. The van der Waals surface area contributed by atoms with Gasteiger partial charge in [0.1, 0.15) is 5.69 Å². The second-order valence-corrected chi connectivity index (χ2v) is 4.25. The molecule has 0 aliphatic heterocycles. The lowest BCUT2D eigenvalue weighted by molar-refractivity contribution is 0.410. The smallest absolute Gasteiger partial charge is 0.276 e. The largest absolute Gasteiger partial charge is 0.391 e. The van der Waals surface area contributed by atoms with Gasteiger partial charge in [0.05, 0.1) is 6.33 Å².